The van der Waals surface area contributed by atoms with Crippen LogP contribution < -0.4 is 9.47 Å². The lowest BCUT2D eigenvalue weighted by molar-refractivity contribution is 0.124. The van der Waals surface area contributed by atoms with Crippen LogP contribution >= 0.6 is 0 Å². The molecule has 0 aliphatic carbocycles. The molecule has 0 bridgehead atoms. The van der Waals surface area contributed by atoms with Crippen LogP contribution in [0.3, 0.4) is 0 Å². The Bertz CT molecular complexity index is 594. The van der Waals surface area contributed by atoms with Gasteiger partial charge in [-0.25, -0.2) is 0 Å². The van der Waals surface area contributed by atoms with E-state index in [4.69, 9.17) is 9.47 Å². The van der Waals surface area contributed by atoms with Crippen molar-refractivity contribution in [1.82, 2.24) is 4.90 Å². The van der Waals surface area contributed by atoms with Gasteiger partial charge in [0.2, 0.25) is 0 Å². The number of benzene rings is 1. The van der Waals surface area contributed by atoms with Gasteiger partial charge in [0.1, 0.15) is 0 Å². The third kappa shape index (κ3) is 3.12. The maximum Gasteiger partial charge on any atom is 0.161 e. The maximum atomic E-state index is 5.52. The van der Waals surface area contributed by atoms with Gasteiger partial charge in [0.05, 0.1) is 14.2 Å². The minimum Gasteiger partial charge on any atom is -0.493 e. The molecule has 0 saturated carbocycles. The SMILES string of the molecule is C=C1C[C@@H]2c3cc(OC)c(OC)cc3CCN2C[C@H]1CC(C)C. The van der Waals surface area contributed by atoms with Crippen LogP contribution in [0.1, 0.15) is 43.9 Å². The molecule has 126 valence electrons. The van der Waals surface area contributed by atoms with Gasteiger partial charge in [-0.1, -0.05) is 26.0 Å². The summed E-state index contributed by atoms with van der Waals surface area (Å²) >= 11 is 0. The van der Waals surface area contributed by atoms with Crippen molar-refractivity contribution in [2.24, 2.45) is 11.8 Å². The summed E-state index contributed by atoms with van der Waals surface area (Å²) in [6.45, 7) is 11.3. The highest BCUT2D eigenvalue weighted by Crippen LogP contribution is 2.44. The first kappa shape index (κ1) is 16.4. The number of rotatable bonds is 4. The topological polar surface area (TPSA) is 21.7 Å². The predicted octanol–water partition coefficient (Wildman–Crippen LogP) is 4.23. The number of fused-ring (bicyclic) bond motifs is 3. The fourth-order valence-electron chi connectivity index (χ4n) is 4.18. The van der Waals surface area contributed by atoms with E-state index < -0.39 is 0 Å². The minimum absolute atomic E-state index is 0.453. The van der Waals surface area contributed by atoms with Crippen molar-refractivity contribution >= 4 is 0 Å². The van der Waals surface area contributed by atoms with E-state index in [1.54, 1.807) is 14.2 Å². The Morgan fingerprint density at radius 1 is 1.22 bits per heavy atom. The summed E-state index contributed by atoms with van der Waals surface area (Å²) in [5.74, 6) is 3.05. The zero-order valence-electron chi connectivity index (χ0n) is 14.9. The number of ether oxygens (including phenoxy) is 2. The molecule has 2 heterocycles. The second-order valence-corrected chi connectivity index (χ2v) is 7.36. The molecule has 2 aliphatic heterocycles. The van der Waals surface area contributed by atoms with Crippen LogP contribution in [-0.4, -0.2) is 32.2 Å². The second kappa shape index (κ2) is 6.56. The van der Waals surface area contributed by atoms with Gasteiger partial charge >= 0.3 is 0 Å². The average molecular weight is 315 g/mol. The number of nitrogens with zero attached hydrogens (tertiary/aromatic N) is 1. The van der Waals surface area contributed by atoms with E-state index in [2.05, 4.69) is 37.5 Å². The lowest BCUT2D eigenvalue weighted by Crippen LogP contribution is -2.43. The molecule has 0 unspecified atom stereocenters. The van der Waals surface area contributed by atoms with Crippen LogP contribution in [0.4, 0.5) is 0 Å². The van der Waals surface area contributed by atoms with Crippen LogP contribution in [-0.2, 0) is 6.42 Å². The van der Waals surface area contributed by atoms with Crippen LogP contribution in [0.2, 0.25) is 0 Å². The first-order valence-corrected chi connectivity index (χ1v) is 8.70. The van der Waals surface area contributed by atoms with Gasteiger partial charge in [-0.05, 0) is 54.4 Å². The molecule has 23 heavy (non-hydrogen) atoms. The highest BCUT2D eigenvalue weighted by atomic mass is 16.5. The Morgan fingerprint density at radius 3 is 2.57 bits per heavy atom. The van der Waals surface area contributed by atoms with Gasteiger partial charge in [-0.3, -0.25) is 4.90 Å². The Morgan fingerprint density at radius 2 is 1.91 bits per heavy atom. The lowest BCUT2D eigenvalue weighted by atomic mass is 9.78. The Hall–Kier alpha value is -1.48. The zero-order valence-corrected chi connectivity index (χ0v) is 14.9. The lowest BCUT2D eigenvalue weighted by Gasteiger charge is -2.45. The number of piperidine rings is 1. The Labute approximate surface area is 140 Å². The first-order valence-electron chi connectivity index (χ1n) is 8.70. The van der Waals surface area contributed by atoms with E-state index in [1.165, 1.54) is 23.1 Å². The van der Waals surface area contributed by atoms with Crippen molar-refractivity contribution in [3.05, 3.63) is 35.4 Å². The Kier molecular flexibility index (Phi) is 4.67. The molecule has 0 N–H and O–H groups in total. The fraction of sp³-hybridized carbons (Fsp3) is 0.600. The molecule has 0 amide bonds. The predicted molar refractivity (Wildman–Crippen MR) is 94.3 cm³/mol. The van der Waals surface area contributed by atoms with Crippen molar-refractivity contribution in [2.75, 3.05) is 27.3 Å². The summed E-state index contributed by atoms with van der Waals surface area (Å²) in [5.41, 5.74) is 4.22. The first-order chi connectivity index (χ1) is 11.0. The molecule has 1 aromatic rings. The van der Waals surface area contributed by atoms with Gasteiger partial charge in [0.25, 0.3) is 0 Å². The van der Waals surface area contributed by atoms with Gasteiger partial charge < -0.3 is 9.47 Å². The van der Waals surface area contributed by atoms with Crippen molar-refractivity contribution in [1.29, 1.82) is 0 Å². The maximum absolute atomic E-state index is 5.52. The van der Waals surface area contributed by atoms with E-state index in [1.807, 2.05) is 0 Å². The van der Waals surface area contributed by atoms with Crippen molar-refractivity contribution < 1.29 is 9.47 Å². The molecule has 0 spiro atoms. The number of methoxy groups -OCH3 is 2. The van der Waals surface area contributed by atoms with Crippen LogP contribution in [0, 0.1) is 11.8 Å². The third-order valence-electron chi connectivity index (χ3n) is 5.36. The quantitative estimate of drug-likeness (QED) is 0.776. The molecule has 0 radical (unpaired) electrons. The summed E-state index contributed by atoms with van der Waals surface area (Å²) in [6.07, 6.45) is 3.41. The van der Waals surface area contributed by atoms with E-state index >= 15 is 0 Å². The minimum atomic E-state index is 0.453. The zero-order chi connectivity index (χ0) is 16.6. The van der Waals surface area contributed by atoms with Crippen LogP contribution in [0.25, 0.3) is 0 Å². The highest BCUT2D eigenvalue weighted by molar-refractivity contribution is 5.50. The standard InChI is InChI=1S/C20H29NO2/c1-13(2)8-16-12-21-7-6-15-10-19(22-4)20(23-5)11-17(15)18(21)9-14(16)3/h10-11,13,16,18H,3,6-9,12H2,1-2,4-5H3/t16-,18-/m1/s1. The molecule has 1 fully saturated rings. The van der Waals surface area contributed by atoms with Crippen molar-refractivity contribution in [3.63, 3.8) is 0 Å². The smallest absolute Gasteiger partial charge is 0.161 e. The second-order valence-electron chi connectivity index (χ2n) is 7.36. The molecule has 1 saturated heterocycles. The molecule has 3 rings (SSSR count). The van der Waals surface area contributed by atoms with Crippen molar-refractivity contribution in [3.8, 4) is 11.5 Å². The number of hydrogen-bond donors (Lipinski definition) is 0. The van der Waals surface area contributed by atoms with E-state index in [0.717, 1.165) is 43.3 Å². The summed E-state index contributed by atoms with van der Waals surface area (Å²) in [4.78, 5) is 2.65. The molecular weight excluding hydrogens is 286 g/mol. The molecular formula is C20H29NO2. The number of hydrogen-bond acceptors (Lipinski definition) is 3. The monoisotopic (exact) mass is 315 g/mol. The summed E-state index contributed by atoms with van der Waals surface area (Å²) in [5, 5.41) is 0. The summed E-state index contributed by atoms with van der Waals surface area (Å²) in [7, 11) is 3.42. The Balaban J connectivity index is 1.89. The van der Waals surface area contributed by atoms with Crippen LogP contribution in [0.15, 0.2) is 24.3 Å². The third-order valence-corrected chi connectivity index (χ3v) is 5.36. The van der Waals surface area contributed by atoms with Crippen LogP contribution in [0.5, 0.6) is 11.5 Å². The fourth-order valence-corrected chi connectivity index (χ4v) is 4.18. The van der Waals surface area contributed by atoms with E-state index in [0.29, 0.717) is 12.0 Å². The molecule has 2 atom stereocenters. The van der Waals surface area contributed by atoms with Gasteiger partial charge in [-0.2, -0.15) is 0 Å². The normalized spacial score (nSPS) is 24.3. The molecule has 2 aliphatic rings. The molecule has 3 heteroatoms. The van der Waals surface area contributed by atoms with Gasteiger partial charge in [0.15, 0.2) is 11.5 Å². The summed E-state index contributed by atoms with van der Waals surface area (Å²) < 4.78 is 11.0. The molecule has 0 aromatic heterocycles. The van der Waals surface area contributed by atoms with Crippen molar-refractivity contribution in [2.45, 2.75) is 39.2 Å². The summed E-state index contributed by atoms with van der Waals surface area (Å²) in [6, 6.07) is 4.80. The molecule has 3 nitrogen and oxygen atoms in total. The van der Waals surface area contributed by atoms with Gasteiger partial charge in [-0.15, -0.1) is 0 Å². The highest BCUT2D eigenvalue weighted by Gasteiger charge is 2.35. The van der Waals surface area contributed by atoms with Gasteiger partial charge in [0, 0.05) is 19.1 Å². The van der Waals surface area contributed by atoms with E-state index in [-0.39, 0.29) is 0 Å². The van der Waals surface area contributed by atoms with E-state index in [9.17, 15) is 0 Å². The largest absolute Gasteiger partial charge is 0.493 e. The molecule has 1 aromatic carbocycles. The average Bonchev–Trinajstić information content (AvgIpc) is 2.53.